The highest BCUT2D eigenvalue weighted by Gasteiger charge is 2.61. The number of nitrogens with zero attached hydrogens (tertiary/aromatic N) is 3. The molecule has 218 valence electrons. The fourth-order valence-electron chi connectivity index (χ4n) is 5.60. The van der Waals surface area contributed by atoms with Crippen LogP contribution >= 0.6 is 0 Å². The maximum Gasteiger partial charge on any atom is 0.251 e. The summed E-state index contributed by atoms with van der Waals surface area (Å²) in [6.45, 7) is 6.20. The van der Waals surface area contributed by atoms with Gasteiger partial charge in [0.25, 0.3) is 5.91 Å². The summed E-state index contributed by atoms with van der Waals surface area (Å²) in [4.78, 5) is 45.0. The van der Waals surface area contributed by atoms with Crippen molar-refractivity contribution >= 4 is 23.2 Å². The lowest BCUT2D eigenvalue weighted by Crippen LogP contribution is -2.51. The smallest absolute Gasteiger partial charge is 0.251 e. The Balaban J connectivity index is 0.00000173. The van der Waals surface area contributed by atoms with Gasteiger partial charge in [-0.2, -0.15) is 0 Å². The van der Waals surface area contributed by atoms with E-state index in [1.165, 1.54) is 24.3 Å². The molecule has 2 N–H and O–H groups in total. The Morgan fingerprint density at radius 1 is 1.05 bits per heavy atom. The second kappa shape index (κ2) is 12.4. The van der Waals surface area contributed by atoms with E-state index in [-0.39, 0.29) is 30.2 Å². The molecule has 0 bridgehead atoms. The van der Waals surface area contributed by atoms with Gasteiger partial charge >= 0.3 is 0 Å². The van der Waals surface area contributed by atoms with Crippen molar-refractivity contribution in [2.24, 2.45) is 11.8 Å². The van der Waals surface area contributed by atoms with Crippen LogP contribution in [-0.4, -0.2) is 50.6 Å². The molecule has 3 amide bonds. The Morgan fingerprint density at radius 3 is 2.60 bits per heavy atom. The molecule has 0 spiro atoms. The Hall–Kier alpha value is -4.73. The number of halogens is 1. The maximum atomic E-state index is 13.3. The van der Waals surface area contributed by atoms with E-state index in [1.54, 1.807) is 41.6 Å². The number of amides is 3. The monoisotopic (exact) mass is 571 g/mol. The van der Waals surface area contributed by atoms with Crippen LogP contribution in [0.1, 0.15) is 43.1 Å². The summed E-state index contributed by atoms with van der Waals surface area (Å²) in [5.41, 5.74) is 2.19. The number of likely N-dealkylation sites (tertiary alicyclic amines) is 1. The van der Waals surface area contributed by atoms with Crippen LogP contribution in [0.5, 0.6) is 11.5 Å². The first-order valence-electron chi connectivity index (χ1n) is 14.2. The van der Waals surface area contributed by atoms with Gasteiger partial charge in [0, 0.05) is 36.7 Å². The minimum atomic E-state index is -0.568. The number of nitrogens with one attached hydrogen (secondary N) is 2. The molecule has 2 fully saturated rings. The molecule has 42 heavy (non-hydrogen) atoms. The van der Waals surface area contributed by atoms with Crippen molar-refractivity contribution in [1.82, 2.24) is 24.9 Å². The summed E-state index contributed by atoms with van der Waals surface area (Å²) in [5, 5.41) is 5.66. The van der Waals surface area contributed by atoms with Crippen LogP contribution in [0.15, 0.2) is 79.4 Å². The highest BCUT2D eigenvalue weighted by atomic mass is 19.1. The summed E-state index contributed by atoms with van der Waals surface area (Å²) in [6, 6.07) is 13.5. The van der Waals surface area contributed by atoms with Crippen LogP contribution in [0.2, 0.25) is 0 Å². The Bertz CT molecular complexity index is 1550. The van der Waals surface area contributed by atoms with Crippen molar-refractivity contribution in [3.8, 4) is 11.5 Å². The van der Waals surface area contributed by atoms with Crippen molar-refractivity contribution in [2.45, 2.75) is 45.8 Å². The summed E-state index contributed by atoms with van der Waals surface area (Å²) in [6.07, 6.45) is 7.84. The molecule has 2 aromatic carbocycles. The average Bonchev–Trinajstić information content (AvgIpc) is 3.33. The minimum absolute atomic E-state index is 0.00994. The first kappa shape index (κ1) is 28.8. The number of hydrogen-bond acceptors (Lipinski definition) is 5. The predicted molar refractivity (Wildman–Crippen MR) is 155 cm³/mol. The molecule has 6 rings (SSSR count). The van der Waals surface area contributed by atoms with Gasteiger partial charge in [-0.05, 0) is 72.4 Å². The van der Waals surface area contributed by atoms with Crippen LogP contribution in [0, 0.1) is 17.7 Å². The van der Waals surface area contributed by atoms with E-state index in [2.05, 4.69) is 22.5 Å². The molecular weight excluding hydrogens is 537 g/mol. The SMILES string of the molecule is CC.CC1C2CC(C(=O)NCc3cc4cnccn4c3)N(C(=O)CNC(=O)c3cccc(Oc4ccc(F)cc4)c3)C12. The molecule has 1 saturated carbocycles. The summed E-state index contributed by atoms with van der Waals surface area (Å²) >= 11 is 0. The van der Waals surface area contributed by atoms with Crippen LogP contribution in [-0.2, 0) is 16.1 Å². The number of hydrogen-bond donors (Lipinski definition) is 2. The number of piperidine rings is 1. The molecule has 10 heteroatoms. The molecule has 1 aliphatic carbocycles. The first-order chi connectivity index (χ1) is 20.4. The molecule has 1 aliphatic heterocycles. The standard InChI is InChI=1S/C30H28FN5O4.C2H6/c1-18-25-13-26(30(39)33-14-19-11-22-15-32-9-10-35(22)17-19)36(28(18)25)27(37)16-34-29(38)20-3-2-4-24(12-20)40-23-7-5-21(31)6-8-23;1-2/h2-12,15,17-18,25-26,28H,13-14,16H2,1H3,(H,33,39)(H,34,38);1-2H3. The summed E-state index contributed by atoms with van der Waals surface area (Å²) in [7, 11) is 0. The number of ether oxygens (including phenoxy) is 1. The largest absolute Gasteiger partial charge is 0.457 e. The molecule has 3 heterocycles. The molecule has 0 radical (unpaired) electrons. The highest BCUT2D eigenvalue weighted by Crippen LogP contribution is 2.53. The second-order valence-electron chi connectivity index (χ2n) is 10.3. The van der Waals surface area contributed by atoms with Gasteiger partial charge in [0.1, 0.15) is 23.4 Å². The number of carbonyl (C=O) groups excluding carboxylic acids is 3. The van der Waals surface area contributed by atoms with Crippen LogP contribution < -0.4 is 15.4 Å². The number of carbonyl (C=O) groups is 3. The van der Waals surface area contributed by atoms with Crippen molar-refractivity contribution < 1.29 is 23.5 Å². The first-order valence-corrected chi connectivity index (χ1v) is 14.2. The van der Waals surface area contributed by atoms with Crippen LogP contribution in [0.3, 0.4) is 0 Å². The van der Waals surface area contributed by atoms with E-state index in [9.17, 15) is 18.8 Å². The molecule has 4 unspecified atom stereocenters. The van der Waals surface area contributed by atoms with Gasteiger partial charge in [-0.3, -0.25) is 19.4 Å². The van der Waals surface area contributed by atoms with Gasteiger partial charge in [-0.1, -0.05) is 26.8 Å². The third-order valence-corrected chi connectivity index (χ3v) is 7.72. The average molecular weight is 572 g/mol. The quantitative estimate of drug-likeness (QED) is 0.322. The molecule has 1 saturated heterocycles. The molecular formula is C32H34FN5O4. The van der Waals surface area contributed by atoms with Crippen molar-refractivity contribution in [1.29, 1.82) is 0 Å². The van der Waals surface area contributed by atoms with Gasteiger partial charge in [0.15, 0.2) is 0 Å². The Kier molecular flexibility index (Phi) is 8.51. The van der Waals surface area contributed by atoms with Crippen molar-refractivity contribution in [2.75, 3.05) is 6.54 Å². The van der Waals surface area contributed by atoms with Gasteiger partial charge in [-0.25, -0.2) is 4.39 Å². The number of rotatable bonds is 8. The van der Waals surface area contributed by atoms with E-state index in [0.29, 0.717) is 41.9 Å². The van der Waals surface area contributed by atoms with E-state index >= 15 is 0 Å². The van der Waals surface area contributed by atoms with E-state index in [1.807, 2.05) is 36.7 Å². The number of benzene rings is 2. The molecule has 9 nitrogen and oxygen atoms in total. The molecule has 4 atom stereocenters. The lowest BCUT2D eigenvalue weighted by Gasteiger charge is -2.28. The zero-order valence-electron chi connectivity index (χ0n) is 23.8. The third-order valence-electron chi connectivity index (χ3n) is 7.72. The predicted octanol–water partition coefficient (Wildman–Crippen LogP) is 4.57. The minimum Gasteiger partial charge on any atom is -0.457 e. The maximum absolute atomic E-state index is 13.3. The Labute approximate surface area is 243 Å². The van der Waals surface area contributed by atoms with E-state index < -0.39 is 11.9 Å². The second-order valence-corrected chi connectivity index (χ2v) is 10.3. The van der Waals surface area contributed by atoms with E-state index in [0.717, 1.165) is 11.1 Å². The van der Waals surface area contributed by atoms with Gasteiger partial charge in [0.05, 0.1) is 18.3 Å². The Morgan fingerprint density at radius 2 is 1.83 bits per heavy atom. The van der Waals surface area contributed by atoms with Crippen LogP contribution in [0.25, 0.3) is 5.52 Å². The molecule has 2 aliphatic rings. The number of fused-ring (bicyclic) bond motifs is 2. The number of aromatic nitrogens is 2. The fourth-order valence-corrected chi connectivity index (χ4v) is 5.60. The fraction of sp³-hybridized carbons (Fsp3) is 0.312. The molecule has 2 aromatic heterocycles. The lowest BCUT2D eigenvalue weighted by molar-refractivity contribution is -0.139. The van der Waals surface area contributed by atoms with Crippen LogP contribution in [0.4, 0.5) is 4.39 Å². The van der Waals surface area contributed by atoms with Gasteiger partial charge < -0.3 is 24.7 Å². The van der Waals surface area contributed by atoms with Gasteiger partial charge in [-0.15, -0.1) is 0 Å². The molecule has 4 aromatic rings. The van der Waals surface area contributed by atoms with Crippen molar-refractivity contribution in [3.05, 3.63) is 96.3 Å². The lowest BCUT2D eigenvalue weighted by atomic mass is 10.1. The summed E-state index contributed by atoms with van der Waals surface area (Å²) < 4.78 is 20.8. The van der Waals surface area contributed by atoms with Gasteiger partial charge in [0.2, 0.25) is 11.8 Å². The third kappa shape index (κ3) is 6.12. The zero-order valence-corrected chi connectivity index (χ0v) is 23.8. The summed E-state index contributed by atoms with van der Waals surface area (Å²) in [5.74, 6) is 0.165. The van der Waals surface area contributed by atoms with Crippen molar-refractivity contribution in [3.63, 3.8) is 0 Å². The topological polar surface area (TPSA) is 105 Å². The normalized spacial score (nSPS) is 20.2. The zero-order chi connectivity index (χ0) is 29.8. The highest BCUT2D eigenvalue weighted by molar-refractivity contribution is 5.97. The van der Waals surface area contributed by atoms with E-state index in [4.69, 9.17) is 4.74 Å².